The fourth-order valence-electron chi connectivity index (χ4n) is 1.62. The number of halogens is 2. The molecule has 2 aromatic rings. The van der Waals surface area contributed by atoms with Crippen LogP contribution in [0.25, 0.3) is 5.65 Å². The standard InChI is InChI=1S/C12H13Cl2N5O2S/c1-2-15-9(20)4-16-10(21)6-22-12-18-17-11-8(14)3-7(13)5-19(11)12/h3,5H,2,4,6H2,1H3,(H,15,20)(H,16,21). The second-order valence-electron chi connectivity index (χ2n) is 4.20. The van der Waals surface area contributed by atoms with Crippen LogP contribution in [0.4, 0.5) is 0 Å². The Balaban J connectivity index is 1.94. The van der Waals surface area contributed by atoms with Crippen LogP contribution in [0, 0.1) is 0 Å². The Morgan fingerprint density at radius 1 is 1.27 bits per heavy atom. The average molecular weight is 362 g/mol. The number of amides is 2. The first-order valence-corrected chi connectivity index (χ1v) is 8.11. The fourth-order valence-corrected chi connectivity index (χ4v) is 2.87. The lowest BCUT2D eigenvalue weighted by Gasteiger charge is -2.05. The fraction of sp³-hybridized carbons (Fsp3) is 0.333. The van der Waals surface area contributed by atoms with Crippen molar-refractivity contribution in [1.82, 2.24) is 25.2 Å². The number of pyridine rings is 1. The van der Waals surface area contributed by atoms with E-state index in [1.807, 2.05) is 6.92 Å². The molecule has 2 rings (SSSR count). The van der Waals surface area contributed by atoms with E-state index in [4.69, 9.17) is 23.2 Å². The summed E-state index contributed by atoms with van der Waals surface area (Å²) in [5, 5.41) is 14.3. The molecule has 0 unspecified atom stereocenters. The molecule has 2 amide bonds. The number of rotatable bonds is 6. The van der Waals surface area contributed by atoms with Gasteiger partial charge in [0, 0.05) is 12.7 Å². The smallest absolute Gasteiger partial charge is 0.239 e. The Morgan fingerprint density at radius 3 is 2.77 bits per heavy atom. The van der Waals surface area contributed by atoms with Gasteiger partial charge in [0.25, 0.3) is 0 Å². The van der Waals surface area contributed by atoms with E-state index in [1.54, 1.807) is 16.7 Å². The Hall–Kier alpha value is -1.51. The molecule has 10 heteroatoms. The molecule has 0 spiro atoms. The van der Waals surface area contributed by atoms with Crippen molar-refractivity contribution in [2.45, 2.75) is 12.1 Å². The lowest BCUT2D eigenvalue weighted by molar-refractivity contribution is -0.124. The van der Waals surface area contributed by atoms with Gasteiger partial charge in [0.15, 0.2) is 10.8 Å². The molecule has 0 bridgehead atoms. The van der Waals surface area contributed by atoms with E-state index in [0.717, 1.165) is 0 Å². The van der Waals surface area contributed by atoms with Crippen molar-refractivity contribution in [3.05, 3.63) is 22.3 Å². The monoisotopic (exact) mass is 361 g/mol. The van der Waals surface area contributed by atoms with Gasteiger partial charge >= 0.3 is 0 Å². The largest absolute Gasteiger partial charge is 0.355 e. The van der Waals surface area contributed by atoms with Crippen molar-refractivity contribution in [3.63, 3.8) is 0 Å². The first kappa shape index (κ1) is 16.9. The highest BCUT2D eigenvalue weighted by molar-refractivity contribution is 7.99. The Bertz CT molecular complexity index is 706. The highest BCUT2D eigenvalue weighted by atomic mass is 35.5. The number of carbonyl (C=O) groups excluding carboxylic acids is 2. The maximum atomic E-state index is 11.7. The van der Waals surface area contributed by atoms with Crippen LogP contribution in [0.2, 0.25) is 10.0 Å². The molecule has 2 heterocycles. The molecule has 7 nitrogen and oxygen atoms in total. The number of hydrogen-bond acceptors (Lipinski definition) is 5. The van der Waals surface area contributed by atoms with E-state index in [0.29, 0.717) is 27.4 Å². The molecular formula is C12H13Cl2N5O2S. The number of nitrogens with zero attached hydrogens (tertiary/aromatic N) is 3. The van der Waals surface area contributed by atoms with Gasteiger partial charge in [0.05, 0.1) is 22.3 Å². The number of likely N-dealkylation sites (N-methyl/N-ethyl adjacent to an activating group) is 1. The van der Waals surface area contributed by atoms with Gasteiger partial charge in [0.1, 0.15) is 0 Å². The van der Waals surface area contributed by atoms with Crippen LogP contribution < -0.4 is 10.6 Å². The van der Waals surface area contributed by atoms with E-state index in [-0.39, 0.29) is 24.1 Å². The van der Waals surface area contributed by atoms with Crippen LogP contribution in [0.15, 0.2) is 17.4 Å². The van der Waals surface area contributed by atoms with Gasteiger partial charge in [-0.1, -0.05) is 35.0 Å². The third-order valence-electron chi connectivity index (χ3n) is 2.55. The molecule has 0 saturated carbocycles. The molecule has 118 valence electrons. The zero-order chi connectivity index (χ0) is 16.1. The van der Waals surface area contributed by atoms with E-state index >= 15 is 0 Å². The molecule has 0 fully saturated rings. The van der Waals surface area contributed by atoms with Crippen LogP contribution >= 0.6 is 35.0 Å². The molecule has 0 saturated heterocycles. The van der Waals surface area contributed by atoms with Gasteiger partial charge in [-0.3, -0.25) is 14.0 Å². The van der Waals surface area contributed by atoms with Crippen molar-refractivity contribution >= 4 is 52.4 Å². The highest BCUT2D eigenvalue weighted by Gasteiger charge is 2.12. The summed E-state index contributed by atoms with van der Waals surface area (Å²) in [5.41, 5.74) is 0.469. The summed E-state index contributed by atoms with van der Waals surface area (Å²) in [6, 6.07) is 1.57. The summed E-state index contributed by atoms with van der Waals surface area (Å²) in [6.07, 6.45) is 1.62. The first-order valence-electron chi connectivity index (χ1n) is 6.37. The zero-order valence-electron chi connectivity index (χ0n) is 11.6. The molecule has 0 aliphatic rings. The van der Waals surface area contributed by atoms with E-state index in [2.05, 4.69) is 20.8 Å². The quantitative estimate of drug-likeness (QED) is 0.758. The van der Waals surface area contributed by atoms with Crippen molar-refractivity contribution < 1.29 is 9.59 Å². The summed E-state index contributed by atoms with van der Waals surface area (Å²) in [6.45, 7) is 2.28. The zero-order valence-corrected chi connectivity index (χ0v) is 13.9. The van der Waals surface area contributed by atoms with Gasteiger partial charge < -0.3 is 10.6 Å². The van der Waals surface area contributed by atoms with E-state index in [1.165, 1.54) is 11.8 Å². The molecule has 0 radical (unpaired) electrons. The van der Waals surface area contributed by atoms with Crippen molar-refractivity contribution in [3.8, 4) is 0 Å². The predicted molar refractivity (Wildman–Crippen MR) is 85.4 cm³/mol. The van der Waals surface area contributed by atoms with Crippen LogP contribution in [-0.2, 0) is 9.59 Å². The first-order chi connectivity index (χ1) is 10.5. The van der Waals surface area contributed by atoms with Crippen LogP contribution in [0.3, 0.4) is 0 Å². The summed E-state index contributed by atoms with van der Waals surface area (Å²) >= 11 is 13.1. The number of aromatic nitrogens is 3. The number of carbonyl (C=O) groups is 2. The van der Waals surface area contributed by atoms with Crippen LogP contribution in [0.5, 0.6) is 0 Å². The van der Waals surface area contributed by atoms with Gasteiger partial charge in [-0.15, -0.1) is 10.2 Å². The Kier molecular flexibility index (Phi) is 5.87. The van der Waals surface area contributed by atoms with Gasteiger partial charge in [0.2, 0.25) is 11.8 Å². The van der Waals surface area contributed by atoms with Gasteiger partial charge in [-0.05, 0) is 13.0 Å². The molecule has 0 atom stereocenters. The van der Waals surface area contributed by atoms with Crippen LogP contribution in [-0.4, -0.2) is 45.3 Å². The number of fused-ring (bicyclic) bond motifs is 1. The summed E-state index contributed by atoms with van der Waals surface area (Å²) < 4.78 is 1.62. The van der Waals surface area contributed by atoms with Crippen molar-refractivity contribution in [2.24, 2.45) is 0 Å². The minimum atomic E-state index is -0.277. The second-order valence-corrected chi connectivity index (χ2v) is 5.99. The summed E-state index contributed by atoms with van der Waals surface area (Å²) in [7, 11) is 0. The third kappa shape index (κ3) is 4.25. The topological polar surface area (TPSA) is 88.4 Å². The predicted octanol–water partition coefficient (Wildman–Crippen LogP) is 1.38. The minimum Gasteiger partial charge on any atom is -0.355 e. The van der Waals surface area contributed by atoms with Gasteiger partial charge in [-0.25, -0.2) is 0 Å². The Labute approximate surface area is 140 Å². The number of thioether (sulfide) groups is 1. The lowest BCUT2D eigenvalue weighted by Crippen LogP contribution is -2.37. The van der Waals surface area contributed by atoms with Crippen LogP contribution in [0.1, 0.15) is 6.92 Å². The van der Waals surface area contributed by atoms with Crippen molar-refractivity contribution in [1.29, 1.82) is 0 Å². The molecular weight excluding hydrogens is 349 g/mol. The maximum absolute atomic E-state index is 11.7. The van der Waals surface area contributed by atoms with E-state index in [9.17, 15) is 9.59 Å². The average Bonchev–Trinajstić information content (AvgIpc) is 2.86. The second kappa shape index (κ2) is 7.66. The minimum absolute atomic E-state index is 0.0501. The summed E-state index contributed by atoms with van der Waals surface area (Å²) in [5.74, 6) is -0.405. The molecule has 22 heavy (non-hydrogen) atoms. The normalized spacial score (nSPS) is 10.7. The SMILES string of the molecule is CCNC(=O)CNC(=O)CSc1nnc2c(Cl)cc(Cl)cn12. The van der Waals surface area contributed by atoms with Gasteiger partial charge in [-0.2, -0.15) is 0 Å². The molecule has 0 aliphatic heterocycles. The lowest BCUT2D eigenvalue weighted by atomic mass is 10.5. The van der Waals surface area contributed by atoms with Crippen molar-refractivity contribution in [2.75, 3.05) is 18.8 Å². The maximum Gasteiger partial charge on any atom is 0.239 e. The summed E-state index contributed by atoms with van der Waals surface area (Å²) in [4.78, 5) is 22.9. The number of hydrogen-bond donors (Lipinski definition) is 2. The molecule has 2 aromatic heterocycles. The third-order valence-corrected chi connectivity index (χ3v) is 3.98. The molecule has 0 aliphatic carbocycles. The molecule has 2 N–H and O–H groups in total. The highest BCUT2D eigenvalue weighted by Crippen LogP contribution is 2.25. The number of nitrogens with one attached hydrogen (secondary N) is 2. The van der Waals surface area contributed by atoms with E-state index < -0.39 is 0 Å². The molecule has 0 aromatic carbocycles. The Morgan fingerprint density at radius 2 is 2.05 bits per heavy atom.